The van der Waals surface area contributed by atoms with Crippen LogP contribution in [-0.4, -0.2) is 27.6 Å². The smallest absolute Gasteiger partial charge is 0.213 e. The highest BCUT2D eigenvalue weighted by Gasteiger charge is 2.22. The van der Waals surface area contributed by atoms with Crippen molar-refractivity contribution in [1.82, 2.24) is 9.55 Å². The number of carbonyl (C=O) groups excluding carboxylic acids is 1. The third-order valence-corrected chi connectivity index (χ3v) is 4.08. The Morgan fingerprint density at radius 3 is 2.61 bits per heavy atom. The summed E-state index contributed by atoms with van der Waals surface area (Å²) in [4.78, 5) is 17.2. The molecule has 0 atom stereocenters. The number of pyridine rings is 1. The van der Waals surface area contributed by atoms with Gasteiger partial charge in [-0.3, -0.25) is 4.79 Å². The van der Waals surface area contributed by atoms with E-state index in [9.17, 15) is 9.90 Å². The van der Waals surface area contributed by atoms with Gasteiger partial charge in [0.1, 0.15) is 5.75 Å². The van der Waals surface area contributed by atoms with E-state index in [1.165, 1.54) is 12.1 Å². The number of hydrogen-bond acceptors (Lipinski definition) is 4. The third-order valence-electron chi connectivity index (χ3n) is 4.08. The zero-order valence-electron chi connectivity index (χ0n) is 13.3. The fourth-order valence-electron chi connectivity index (χ4n) is 2.90. The van der Waals surface area contributed by atoms with E-state index in [1.807, 2.05) is 18.5 Å². The summed E-state index contributed by atoms with van der Waals surface area (Å²) in [5.74, 6) is 0.548. The molecule has 0 aliphatic rings. The molecule has 2 heterocycles. The molecule has 0 saturated heterocycles. The van der Waals surface area contributed by atoms with Crippen molar-refractivity contribution in [2.45, 2.75) is 13.3 Å². The number of benzene rings is 1. The number of phenolic OH excluding ortho intramolecular Hbond substituents is 1. The summed E-state index contributed by atoms with van der Waals surface area (Å²) in [6.45, 7) is 2.02. The van der Waals surface area contributed by atoms with Crippen LogP contribution in [-0.2, 0) is 13.5 Å². The highest BCUT2D eigenvalue weighted by atomic mass is 16.5. The van der Waals surface area contributed by atoms with Gasteiger partial charge in [0, 0.05) is 29.8 Å². The minimum Gasteiger partial charge on any atom is -0.508 e. The predicted molar refractivity (Wildman–Crippen MR) is 88.2 cm³/mol. The van der Waals surface area contributed by atoms with E-state index in [-0.39, 0.29) is 11.5 Å². The first-order valence-electron chi connectivity index (χ1n) is 7.41. The highest BCUT2D eigenvalue weighted by Crippen LogP contribution is 2.30. The van der Waals surface area contributed by atoms with E-state index in [0.29, 0.717) is 17.0 Å². The van der Waals surface area contributed by atoms with Crippen molar-refractivity contribution in [2.24, 2.45) is 7.05 Å². The molecular weight excluding hydrogens is 292 g/mol. The molecule has 0 aliphatic carbocycles. The van der Waals surface area contributed by atoms with E-state index in [1.54, 1.807) is 31.5 Å². The Morgan fingerprint density at radius 2 is 2.00 bits per heavy atom. The monoisotopic (exact) mass is 310 g/mol. The van der Waals surface area contributed by atoms with Crippen molar-refractivity contribution < 1.29 is 14.6 Å². The van der Waals surface area contributed by atoms with Gasteiger partial charge in [0.05, 0.1) is 24.4 Å². The number of ether oxygens (including phenoxy) is 1. The molecule has 2 aromatic heterocycles. The van der Waals surface area contributed by atoms with Crippen LogP contribution in [0.15, 0.2) is 36.5 Å². The molecule has 0 bridgehead atoms. The molecule has 0 unspecified atom stereocenters. The largest absolute Gasteiger partial charge is 0.508 e. The van der Waals surface area contributed by atoms with Crippen molar-refractivity contribution in [1.29, 1.82) is 0 Å². The SMILES string of the molecule is CCc1c(C(=O)c2ccc(O)cc2)c2cc(OC)ncc2n1C. The molecule has 0 spiro atoms. The second-order valence-electron chi connectivity index (χ2n) is 5.35. The number of aryl methyl sites for hydroxylation is 1. The molecule has 3 aromatic rings. The fourth-order valence-corrected chi connectivity index (χ4v) is 2.90. The zero-order valence-corrected chi connectivity index (χ0v) is 13.3. The molecule has 0 amide bonds. The lowest BCUT2D eigenvalue weighted by Crippen LogP contribution is -2.05. The van der Waals surface area contributed by atoms with Gasteiger partial charge < -0.3 is 14.4 Å². The standard InChI is InChI=1S/C18H18N2O3/c1-4-14-17(18(22)11-5-7-12(21)8-6-11)13-9-16(23-3)19-10-15(13)20(14)2/h5-10,21H,4H2,1-3H3. The summed E-state index contributed by atoms with van der Waals surface area (Å²) in [5.41, 5.74) is 3.05. The van der Waals surface area contributed by atoms with Crippen molar-refractivity contribution in [3.8, 4) is 11.6 Å². The minimum atomic E-state index is -0.0688. The molecule has 23 heavy (non-hydrogen) atoms. The number of fused-ring (bicyclic) bond motifs is 1. The van der Waals surface area contributed by atoms with Gasteiger partial charge in [-0.1, -0.05) is 6.92 Å². The molecule has 1 aromatic carbocycles. The number of rotatable bonds is 4. The van der Waals surface area contributed by atoms with E-state index in [2.05, 4.69) is 4.98 Å². The number of hydrogen-bond donors (Lipinski definition) is 1. The number of carbonyl (C=O) groups is 1. The Morgan fingerprint density at radius 1 is 1.30 bits per heavy atom. The molecule has 5 nitrogen and oxygen atoms in total. The molecule has 1 N–H and O–H groups in total. The predicted octanol–water partition coefficient (Wildman–Crippen LogP) is 3.08. The molecule has 118 valence electrons. The maximum absolute atomic E-state index is 13.0. The van der Waals surface area contributed by atoms with Crippen LogP contribution in [0.2, 0.25) is 0 Å². The number of ketones is 1. The van der Waals surface area contributed by atoms with Gasteiger partial charge in [-0.25, -0.2) is 4.98 Å². The Labute approximate surface area is 134 Å². The lowest BCUT2D eigenvalue weighted by molar-refractivity contribution is 0.103. The summed E-state index contributed by atoms with van der Waals surface area (Å²) in [6, 6.07) is 8.10. The fraction of sp³-hybridized carbons (Fsp3) is 0.222. The van der Waals surface area contributed by atoms with Gasteiger partial charge in [-0.15, -0.1) is 0 Å². The van der Waals surface area contributed by atoms with Gasteiger partial charge in [0.15, 0.2) is 5.78 Å². The maximum Gasteiger partial charge on any atom is 0.213 e. The van der Waals surface area contributed by atoms with Gasteiger partial charge >= 0.3 is 0 Å². The summed E-state index contributed by atoms with van der Waals surface area (Å²) >= 11 is 0. The number of aromatic nitrogens is 2. The molecule has 0 aliphatic heterocycles. The lowest BCUT2D eigenvalue weighted by atomic mass is 9.99. The van der Waals surface area contributed by atoms with Gasteiger partial charge in [-0.2, -0.15) is 0 Å². The summed E-state index contributed by atoms with van der Waals surface area (Å²) in [7, 11) is 3.49. The van der Waals surface area contributed by atoms with Crippen LogP contribution in [0.3, 0.4) is 0 Å². The second-order valence-corrected chi connectivity index (χ2v) is 5.35. The first kappa shape index (κ1) is 15.1. The normalized spacial score (nSPS) is 10.9. The Bertz CT molecular complexity index is 879. The molecular formula is C18H18N2O3. The first-order chi connectivity index (χ1) is 11.1. The van der Waals surface area contributed by atoms with Crippen LogP contribution >= 0.6 is 0 Å². The molecule has 3 rings (SSSR count). The van der Waals surface area contributed by atoms with Crippen LogP contribution in [0.1, 0.15) is 28.5 Å². The molecule has 5 heteroatoms. The number of phenols is 1. The molecule has 0 radical (unpaired) electrons. The number of methoxy groups -OCH3 is 1. The quantitative estimate of drug-likeness (QED) is 0.752. The lowest BCUT2D eigenvalue weighted by Gasteiger charge is -2.05. The summed E-state index contributed by atoms with van der Waals surface area (Å²) in [6.07, 6.45) is 2.45. The maximum atomic E-state index is 13.0. The Hall–Kier alpha value is -2.82. The van der Waals surface area contributed by atoms with Crippen molar-refractivity contribution >= 4 is 16.7 Å². The molecule has 0 fully saturated rings. The number of nitrogens with zero attached hydrogens (tertiary/aromatic N) is 2. The van der Waals surface area contributed by atoms with E-state index >= 15 is 0 Å². The van der Waals surface area contributed by atoms with Crippen LogP contribution in [0.5, 0.6) is 11.6 Å². The zero-order chi connectivity index (χ0) is 16.6. The molecule has 0 saturated carbocycles. The third kappa shape index (κ3) is 2.44. The minimum absolute atomic E-state index is 0.0688. The Balaban J connectivity index is 2.25. The highest BCUT2D eigenvalue weighted by molar-refractivity contribution is 6.17. The van der Waals surface area contributed by atoms with Crippen LogP contribution in [0.25, 0.3) is 10.9 Å². The van der Waals surface area contributed by atoms with Crippen LogP contribution in [0.4, 0.5) is 0 Å². The van der Waals surface area contributed by atoms with Gasteiger partial charge in [0.2, 0.25) is 5.88 Å². The summed E-state index contributed by atoms with van der Waals surface area (Å²) < 4.78 is 7.19. The Kier molecular flexibility index (Phi) is 3.78. The van der Waals surface area contributed by atoms with Crippen LogP contribution < -0.4 is 4.74 Å². The van der Waals surface area contributed by atoms with Crippen molar-refractivity contribution in [2.75, 3.05) is 7.11 Å². The second kappa shape index (κ2) is 5.76. The van der Waals surface area contributed by atoms with Crippen molar-refractivity contribution in [3.63, 3.8) is 0 Å². The van der Waals surface area contributed by atoms with E-state index in [4.69, 9.17) is 4.74 Å². The van der Waals surface area contributed by atoms with Gasteiger partial charge in [0.25, 0.3) is 0 Å². The van der Waals surface area contributed by atoms with E-state index < -0.39 is 0 Å². The summed E-state index contributed by atoms with van der Waals surface area (Å²) in [5, 5.41) is 10.2. The average molecular weight is 310 g/mol. The van der Waals surface area contributed by atoms with Crippen molar-refractivity contribution in [3.05, 3.63) is 53.3 Å². The topological polar surface area (TPSA) is 64.3 Å². The van der Waals surface area contributed by atoms with Crippen LogP contribution in [0, 0.1) is 0 Å². The number of aromatic hydroxyl groups is 1. The first-order valence-corrected chi connectivity index (χ1v) is 7.41. The van der Waals surface area contributed by atoms with E-state index in [0.717, 1.165) is 23.0 Å². The van der Waals surface area contributed by atoms with Gasteiger partial charge in [-0.05, 0) is 30.7 Å². The average Bonchev–Trinajstić information content (AvgIpc) is 2.86.